The molecular weight excluding hydrogens is 375 g/mol. The molecule has 148 valence electrons. The lowest BCUT2D eigenvalue weighted by Gasteiger charge is -2.21. The van der Waals surface area contributed by atoms with E-state index in [1.54, 1.807) is 6.07 Å². The fourth-order valence-electron chi connectivity index (χ4n) is 3.07. The number of hydrogen-bond donors (Lipinski definition) is 1. The summed E-state index contributed by atoms with van der Waals surface area (Å²) < 4.78 is 48.2. The molecule has 9 heteroatoms. The number of carbonyl (C=O) groups excluding carboxylic acids is 1. The van der Waals surface area contributed by atoms with Crippen LogP contribution in [0.5, 0.6) is 0 Å². The van der Waals surface area contributed by atoms with Gasteiger partial charge in [0.1, 0.15) is 18.0 Å². The van der Waals surface area contributed by atoms with Crippen molar-refractivity contribution < 1.29 is 22.7 Å². The van der Waals surface area contributed by atoms with E-state index in [0.717, 1.165) is 6.04 Å². The summed E-state index contributed by atoms with van der Waals surface area (Å²) in [5.74, 6) is -0.684. The predicted octanol–water partition coefficient (Wildman–Crippen LogP) is 4.04. The normalized spacial score (nSPS) is 16.7. The Morgan fingerprint density at radius 2 is 2.00 bits per heavy atom. The lowest BCUT2D eigenvalue weighted by molar-refractivity contribution is -0.163. The highest BCUT2D eigenvalue weighted by atomic mass is 28.3. The maximum absolute atomic E-state index is 13.7. The van der Waals surface area contributed by atoms with Crippen LogP contribution in [0.25, 0.3) is 11.0 Å². The zero-order valence-corrected chi connectivity index (χ0v) is 16.7. The number of nitrogens with two attached hydrogens (primary N) is 1. The first-order valence-electron chi connectivity index (χ1n) is 8.90. The van der Waals surface area contributed by atoms with Crippen molar-refractivity contribution in [2.45, 2.75) is 56.8 Å². The van der Waals surface area contributed by atoms with Crippen LogP contribution < -0.4 is 5.73 Å². The van der Waals surface area contributed by atoms with Gasteiger partial charge in [0, 0.05) is 20.2 Å². The molecule has 1 aliphatic carbocycles. The second kappa shape index (κ2) is 6.63. The van der Waals surface area contributed by atoms with Gasteiger partial charge in [-0.3, -0.25) is 4.79 Å². The molecule has 1 aromatic heterocycles. The molecule has 0 unspecified atom stereocenters. The summed E-state index contributed by atoms with van der Waals surface area (Å²) in [7, 11) is -1.30. The van der Waals surface area contributed by atoms with E-state index in [-0.39, 0.29) is 31.0 Å². The van der Waals surface area contributed by atoms with Crippen LogP contribution in [0, 0.1) is 0 Å². The summed E-state index contributed by atoms with van der Waals surface area (Å²) in [4.78, 5) is 15.6. The van der Waals surface area contributed by atoms with Gasteiger partial charge >= 0.3 is 6.18 Å². The van der Waals surface area contributed by atoms with Crippen LogP contribution >= 0.6 is 0 Å². The highest BCUT2D eigenvalue weighted by molar-refractivity contribution is 6.76. The number of hydrogen-bond acceptors (Lipinski definition) is 3. The molecular formula is C18H24F3N3O2Si. The Morgan fingerprint density at radius 3 is 2.52 bits per heavy atom. The Bertz CT molecular complexity index is 867. The highest BCUT2D eigenvalue weighted by Gasteiger charge is 2.67. The zero-order valence-electron chi connectivity index (χ0n) is 15.7. The minimum Gasteiger partial charge on any atom is -0.366 e. The molecule has 0 spiro atoms. The molecule has 1 aliphatic rings. The molecule has 0 atom stereocenters. The first-order valence-corrected chi connectivity index (χ1v) is 12.6. The summed E-state index contributed by atoms with van der Waals surface area (Å²) in [6, 6.07) is 5.44. The Balaban J connectivity index is 1.98. The average molecular weight is 399 g/mol. The first-order chi connectivity index (χ1) is 12.4. The first kappa shape index (κ1) is 19.9. The Hall–Kier alpha value is -1.87. The van der Waals surface area contributed by atoms with Crippen molar-refractivity contribution in [3.05, 3.63) is 29.6 Å². The van der Waals surface area contributed by atoms with Gasteiger partial charge in [-0.05, 0) is 37.1 Å². The minimum absolute atomic E-state index is 0.00403. The van der Waals surface area contributed by atoms with Crippen molar-refractivity contribution >= 4 is 25.0 Å². The number of halogens is 3. The van der Waals surface area contributed by atoms with Gasteiger partial charge in [0.25, 0.3) is 0 Å². The molecule has 0 bridgehead atoms. The van der Waals surface area contributed by atoms with Crippen LogP contribution in [0.1, 0.15) is 29.0 Å². The Labute approximate surface area is 156 Å². The van der Waals surface area contributed by atoms with Crippen molar-refractivity contribution in [3.63, 3.8) is 0 Å². The van der Waals surface area contributed by atoms with Crippen molar-refractivity contribution in [1.29, 1.82) is 0 Å². The molecule has 1 fully saturated rings. The lowest BCUT2D eigenvalue weighted by atomic mass is 10.1. The molecule has 0 radical (unpaired) electrons. The van der Waals surface area contributed by atoms with Gasteiger partial charge in [0.2, 0.25) is 5.91 Å². The molecule has 27 heavy (non-hydrogen) atoms. The number of fused-ring (bicyclic) bond motifs is 1. The lowest BCUT2D eigenvalue weighted by Crippen LogP contribution is -2.32. The van der Waals surface area contributed by atoms with Gasteiger partial charge in [-0.25, -0.2) is 4.98 Å². The number of benzene rings is 1. The van der Waals surface area contributed by atoms with Crippen LogP contribution in [0.15, 0.2) is 18.2 Å². The highest BCUT2D eigenvalue weighted by Crippen LogP contribution is 2.58. The summed E-state index contributed by atoms with van der Waals surface area (Å²) >= 11 is 0. The quantitative estimate of drug-likeness (QED) is 0.564. The van der Waals surface area contributed by atoms with E-state index in [4.69, 9.17) is 10.5 Å². The topological polar surface area (TPSA) is 70.1 Å². The number of carbonyl (C=O) groups is 1. The molecule has 2 aromatic rings. The SMILES string of the molecule is C[Si](C)(C)CCOCn1c(C2(C(F)(F)F)CC2)nc2cc(C(N)=O)ccc21. The number of ether oxygens (including phenoxy) is 1. The summed E-state index contributed by atoms with van der Waals surface area (Å²) in [6.45, 7) is 7.13. The second-order valence-corrected chi connectivity index (χ2v) is 14.0. The number of alkyl halides is 3. The van der Waals surface area contributed by atoms with E-state index in [0.29, 0.717) is 17.6 Å². The maximum Gasteiger partial charge on any atom is 0.401 e. The van der Waals surface area contributed by atoms with E-state index < -0.39 is 25.6 Å². The summed E-state index contributed by atoms with van der Waals surface area (Å²) in [6.07, 6.45) is -4.36. The third-order valence-corrected chi connectivity index (χ3v) is 6.67. The monoisotopic (exact) mass is 399 g/mol. The third kappa shape index (κ3) is 3.89. The largest absolute Gasteiger partial charge is 0.401 e. The molecule has 3 rings (SSSR count). The van der Waals surface area contributed by atoms with Gasteiger partial charge in [0.05, 0.1) is 11.0 Å². The molecule has 1 saturated carbocycles. The van der Waals surface area contributed by atoms with E-state index in [2.05, 4.69) is 24.6 Å². The van der Waals surface area contributed by atoms with Crippen molar-refractivity contribution in [2.24, 2.45) is 5.73 Å². The Morgan fingerprint density at radius 1 is 1.33 bits per heavy atom. The standard InChI is InChI=1S/C18H24F3N3O2Si/c1-27(2,3)9-8-26-11-24-14-5-4-12(15(22)25)10-13(14)23-16(24)17(6-7-17)18(19,20)21/h4-5,10H,6-9,11H2,1-3H3,(H2,22,25). The van der Waals surface area contributed by atoms with E-state index in [9.17, 15) is 18.0 Å². The van der Waals surface area contributed by atoms with E-state index in [1.165, 1.54) is 16.7 Å². The molecule has 2 N–H and O–H groups in total. The summed E-state index contributed by atoms with van der Waals surface area (Å²) in [5, 5.41) is 0. The fourth-order valence-corrected chi connectivity index (χ4v) is 3.83. The molecule has 0 aliphatic heterocycles. The smallest absolute Gasteiger partial charge is 0.366 e. The average Bonchev–Trinajstić information content (AvgIpc) is 3.27. The van der Waals surface area contributed by atoms with Crippen molar-refractivity contribution in [2.75, 3.05) is 6.61 Å². The number of rotatable bonds is 7. The molecule has 1 amide bonds. The minimum atomic E-state index is -4.38. The van der Waals surface area contributed by atoms with Crippen molar-refractivity contribution in [1.82, 2.24) is 9.55 Å². The van der Waals surface area contributed by atoms with Gasteiger partial charge in [0.15, 0.2) is 0 Å². The maximum atomic E-state index is 13.7. The number of primary amides is 1. The predicted molar refractivity (Wildman–Crippen MR) is 99.3 cm³/mol. The van der Waals surface area contributed by atoms with Crippen LogP contribution in [0.2, 0.25) is 25.7 Å². The number of aromatic nitrogens is 2. The van der Waals surface area contributed by atoms with Crippen LogP contribution in [0.4, 0.5) is 13.2 Å². The van der Waals surface area contributed by atoms with Crippen LogP contribution in [-0.4, -0.2) is 36.3 Å². The van der Waals surface area contributed by atoms with Gasteiger partial charge in [-0.15, -0.1) is 0 Å². The van der Waals surface area contributed by atoms with E-state index >= 15 is 0 Å². The molecule has 1 aromatic carbocycles. The van der Waals surface area contributed by atoms with Crippen molar-refractivity contribution in [3.8, 4) is 0 Å². The third-order valence-electron chi connectivity index (χ3n) is 4.97. The van der Waals surface area contributed by atoms with Crippen LogP contribution in [0.3, 0.4) is 0 Å². The van der Waals surface area contributed by atoms with Gasteiger partial charge < -0.3 is 15.0 Å². The van der Waals surface area contributed by atoms with E-state index in [1.807, 2.05) is 0 Å². The van der Waals surface area contributed by atoms with Crippen LogP contribution in [-0.2, 0) is 16.9 Å². The molecule has 5 nitrogen and oxygen atoms in total. The van der Waals surface area contributed by atoms with Gasteiger partial charge in [-0.2, -0.15) is 13.2 Å². The van der Waals surface area contributed by atoms with Gasteiger partial charge in [-0.1, -0.05) is 19.6 Å². The fraction of sp³-hybridized carbons (Fsp3) is 0.556. The molecule has 1 heterocycles. The molecule has 0 saturated heterocycles. The summed E-state index contributed by atoms with van der Waals surface area (Å²) in [5.41, 5.74) is 4.41. The Kier molecular flexibility index (Phi) is 4.88. The number of imidazole rings is 1. The number of nitrogens with zero attached hydrogens (tertiary/aromatic N) is 2. The zero-order chi connectivity index (χ0) is 20.0. The second-order valence-electron chi connectivity index (χ2n) is 8.36. The number of amides is 1.